The number of nitrogens with zero attached hydrogens (tertiary/aromatic N) is 1. The minimum atomic E-state index is -0.0604. The van der Waals surface area contributed by atoms with Crippen molar-refractivity contribution >= 4 is 17.4 Å². The summed E-state index contributed by atoms with van der Waals surface area (Å²) >= 11 is 5.98. The van der Waals surface area contributed by atoms with Crippen LogP contribution in [0, 0.1) is 12.3 Å². The van der Waals surface area contributed by atoms with Gasteiger partial charge in [-0.05, 0) is 37.6 Å². The number of ether oxygens (including phenoxy) is 1. The highest BCUT2D eigenvalue weighted by atomic mass is 35.5. The number of amidine groups is 1. The molecule has 0 aliphatic heterocycles. The first-order valence-electron chi connectivity index (χ1n) is 6.29. The van der Waals surface area contributed by atoms with Crippen molar-refractivity contribution in [2.24, 2.45) is 5.73 Å². The van der Waals surface area contributed by atoms with Gasteiger partial charge < -0.3 is 10.5 Å². The number of nitrogen functional groups attached to an aromatic ring is 1. The molecular weight excluding hydrogens is 274 g/mol. The summed E-state index contributed by atoms with van der Waals surface area (Å²) in [4.78, 5) is 4.44. The van der Waals surface area contributed by atoms with Crippen LogP contribution in [-0.2, 0) is 6.42 Å². The SMILES string of the molecule is CCc1nc(C)ccc1Oc1cc(Cl)ccc1C(=N)N. The van der Waals surface area contributed by atoms with E-state index in [-0.39, 0.29) is 5.84 Å². The Labute approximate surface area is 123 Å². The van der Waals surface area contributed by atoms with Crippen molar-refractivity contribution in [3.8, 4) is 11.5 Å². The molecule has 2 rings (SSSR count). The predicted octanol–water partition coefficient (Wildman–Crippen LogP) is 3.68. The number of rotatable bonds is 4. The van der Waals surface area contributed by atoms with E-state index in [2.05, 4.69) is 4.98 Å². The zero-order valence-electron chi connectivity index (χ0n) is 11.4. The summed E-state index contributed by atoms with van der Waals surface area (Å²) < 4.78 is 5.86. The average molecular weight is 290 g/mol. The molecule has 20 heavy (non-hydrogen) atoms. The molecular formula is C15H16ClN3O. The summed E-state index contributed by atoms with van der Waals surface area (Å²) in [5, 5.41) is 8.11. The van der Waals surface area contributed by atoms with E-state index in [1.807, 2.05) is 26.0 Å². The smallest absolute Gasteiger partial charge is 0.148 e. The number of pyridine rings is 1. The number of halogens is 1. The molecule has 4 nitrogen and oxygen atoms in total. The monoisotopic (exact) mass is 289 g/mol. The quantitative estimate of drug-likeness (QED) is 0.666. The second kappa shape index (κ2) is 5.92. The van der Waals surface area contributed by atoms with Gasteiger partial charge in [0.1, 0.15) is 17.3 Å². The third-order valence-corrected chi connectivity index (χ3v) is 3.10. The van der Waals surface area contributed by atoms with Crippen molar-refractivity contribution in [3.05, 3.63) is 52.3 Å². The van der Waals surface area contributed by atoms with Crippen LogP contribution in [0.15, 0.2) is 30.3 Å². The Kier molecular flexibility index (Phi) is 4.25. The summed E-state index contributed by atoms with van der Waals surface area (Å²) in [7, 11) is 0. The normalized spacial score (nSPS) is 10.3. The zero-order chi connectivity index (χ0) is 14.7. The van der Waals surface area contributed by atoms with Crippen LogP contribution >= 0.6 is 11.6 Å². The van der Waals surface area contributed by atoms with E-state index < -0.39 is 0 Å². The third kappa shape index (κ3) is 3.08. The van der Waals surface area contributed by atoms with Gasteiger partial charge in [0.2, 0.25) is 0 Å². The van der Waals surface area contributed by atoms with Gasteiger partial charge in [0, 0.05) is 16.8 Å². The van der Waals surface area contributed by atoms with Crippen LogP contribution in [0.1, 0.15) is 23.9 Å². The summed E-state index contributed by atoms with van der Waals surface area (Å²) in [6, 6.07) is 8.75. The van der Waals surface area contributed by atoms with E-state index in [9.17, 15) is 0 Å². The fraction of sp³-hybridized carbons (Fsp3) is 0.200. The molecule has 0 fully saturated rings. The molecule has 0 radical (unpaired) electrons. The zero-order valence-corrected chi connectivity index (χ0v) is 12.2. The lowest BCUT2D eigenvalue weighted by atomic mass is 10.2. The Morgan fingerprint density at radius 3 is 2.70 bits per heavy atom. The van der Waals surface area contributed by atoms with Gasteiger partial charge in [-0.25, -0.2) is 0 Å². The summed E-state index contributed by atoms with van der Waals surface area (Å²) in [6.07, 6.45) is 0.757. The van der Waals surface area contributed by atoms with Gasteiger partial charge >= 0.3 is 0 Å². The fourth-order valence-electron chi connectivity index (χ4n) is 1.87. The van der Waals surface area contributed by atoms with Gasteiger partial charge in [0.25, 0.3) is 0 Å². The van der Waals surface area contributed by atoms with Gasteiger partial charge in [-0.15, -0.1) is 0 Å². The number of nitrogens with two attached hydrogens (primary N) is 1. The standard InChI is InChI=1S/C15H16ClN3O/c1-3-12-13(7-4-9(2)19-12)20-14-8-10(16)5-6-11(14)15(17)18/h4-8H,3H2,1-2H3,(H3,17,18). The van der Waals surface area contributed by atoms with Gasteiger partial charge in [-0.1, -0.05) is 18.5 Å². The summed E-state index contributed by atoms with van der Waals surface area (Å²) in [5.41, 5.74) is 7.87. The van der Waals surface area contributed by atoms with Crippen LogP contribution in [0.3, 0.4) is 0 Å². The van der Waals surface area contributed by atoms with Crippen LogP contribution < -0.4 is 10.5 Å². The molecule has 0 spiro atoms. The number of aryl methyl sites for hydroxylation is 2. The third-order valence-electron chi connectivity index (χ3n) is 2.86. The number of benzene rings is 1. The second-order valence-electron chi connectivity index (χ2n) is 4.41. The first-order valence-corrected chi connectivity index (χ1v) is 6.67. The average Bonchev–Trinajstić information content (AvgIpc) is 2.40. The summed E-state index contributed by atoms with van der Waals surface area (Å²) in [5.74, 6) is 1.06. The van der Waals surface area contributed by atoms with Crippen molar-refractivity contribution in [2.45, 2.75) is 20.3 Å². The number of aromatic nitrogens is 1. The first kappa shape index (κ1) is 14.3. The Hall–Kier alpha value is -2.07. The highest BCUT2D eigenvalue weighted by Crippen LogP contribution is 2.30. The fourth-order valence-corrected chi connectivity index (χ4v) is 2.03. The van der Waals surface area contributed by atoms with E-state index in [1.54, 1.807) is 18.2 Å². The molecule has 104 valence electrons. The maximum absolute atomic E-state index is 7.58. The molecule has 3 N–H and O–H groups in total. The minimum Gasteiger partial charge on any atom is -0.455 e. The molecule has 0 atom stereocenters. The second-order valence-corrected chi connectivity index (χ2v) is 4.84. The molecule has 0 aliphatic carbocycles. The molecule has 1 aromatic carbocycles. The Morgan fingerprint density at radius 1 is 1.30 bits per heavy atom. The molecule has 0 aliphatic rings. The van der Waals surface area contributed by atoms with Crippen molar-refractivity contribution in [3.63, 3.8) is 0 Å². The Morgan fingerprint density at radius 2 is 2.05 bits per heavy atom. The highest BCUT2D eigenvalue weighted by molar-refractivity contribution is 6.30. The maximum atomic E-state index is 7.58. The van der Waals surface area contributed by atoms with Crippen LogP contribution in [0.2, 0.25) is 5.02 Å². The molecule has 2 aromatic rings. The molecule has 0 saturated carbocycles. The maximum Gasteiger partial charge on any atom is 0.148 e. The predicted molar refractivity (Wildman–Crippen MR) is 80.9 cm³/mol. The molecule has 1 heterocycles. The van der Waals surface area contributed by atoms with E-state index in [4.69, 9.17) is 27.5 Å². The highest BCUT2D eigenvalue weighted by Gasteiger charge is 2.11. The largest absolute Gasteiger partial charge is 0.455 e. The molecule has 0 saturated heterocycles. The lowest BCUT2D eigenvalue weighted by Gasteiger charge is -2.13. The van der Waals surface area contributed by atoms with Crippen molar-refractivity contribution in [1.82, 2.24) is 4.98 Å². The van der Waals surface area contributed by atoms with Gasteiger partial charge in [-0.2, -0.15) is 0 Å². The van der Waals surface area contributed by atoms with Gasteiger partial charge in [0.05, 0.1) is 11.3 Å². The minimum absolute atomic E-state index is 0.0604. The Bertz CT molecular complexity index is 656. The van der Waals surface area contributed by atoms with Gasteiger partial charge in [-0.3, -0.25) is 10.4 Å². The summed E-state index contributed by atoms with van der Waals surface area (Å²) in [6.45, 7) is 3.95. The lowest BCUT2D eigenvalue weighted by molar-refractivity contribution is 0.471. The number of nitrogens with one attached hydrogen (secondary N) is 1. The molecule has 0 unspecified atom stereocenters. The van der Waals surface area contributed by atoms with E-state index in [0.717, 1.165) is 17.8 Å². The van der Waals surface area contributed by atoms with Crippen LogP contribution in [0.25, 0.3) is 0 Å². The van der Waals surface area contributed by atoms with E-state index in [0.29, 0.717) is 22.1 Å². The van der Waals surface area contributed by atoms with Crippen molar-refractivity contribution in [2.75, 3.05) is 0 Å². The topological polar surface area (TPSA) is 72.0 Å². The molecule has 0 amide bonds. The molecule has 1 aromatic heterocycles. The van der Waals surface area contributed by atoms with E-state index in [1.165, 1.54) is 0 Å². The number of hydrogen-bond donors (Lipinski definition) is 2. The van der Waals surface area contributed by atoms with Crippen LogP contribution in [0.5, 0.6) is 11.5 Å². The lowest BCUT2D eigenvalue weighted by Crippen LogP contribution is -2.12. The van der Waals surface area contributed by atoms with Crippen molar-refractivity contribution < 1.29 is 4.74 Å². The van der Waals surface area contributed by atoms with Crippen LogP contribution in [0.4, 0.5) is 0 Å². The van der Waals surface area contributed by atoms with Gasteiger partial charge in [0.15, 0.2) is 0 Å². The molecule has 5 heteroatoms. The first-order chi connectivity index (χ1) is 9.51. The number of hydrogen-bond acceptors (Lipinski definition) is 3. The van der Waals surface area contributed by atoms with Crippen molar-refractivity contribution in [1.29, 1.82) is 5.41 Å². The molecule has 0 bridgehead atoms. The Balaban J connectivity index is 2.44. The van der Waals surface area contributed by atoms with Crippen LogP contribution in [-0.4, -0.2) is 10.8 Å². The van der Waals surface area contributed by atoms with E-state index >= 15 is 0 Å².